The molecule has 0 bridgehead atoms. The van der Waals surface area contributed by atoms with Crippen LogP contribution in [0.25, 0.3) is 11.4 Å². The third kappa shape index (κ3) is 3.80. The van der Waals surface area contributed by atoms with Gasteiger partial charge in [-0.05, 0) is 29.8 Å². The van der Waals surface area contributed by atoms with Gasteiger partial charge in [-0.15, -0.1) is 16.8 Å². The van der Waals surface area contributed by atoms with Crippen LogP contribution in [0.3, 0.4) is 0 Å². The van der Waals surface area contributed by atoms with Crippen molar-refractivity contribution in [3.63, 3.8) is 0 Å². The molecule has 3 rings (SSSR count). The number of allylic oxidation sites excluding steroid dienone is 1. The van der Waals surface area contributed by atoms with E-state index in [1.165, 1.54) is 0 Å². The van der Waals surface area contributed by atoms with E-state index in [-0.39, 0.29) is 0 Å². The number of pyridine rings is 1. The van der Waals surface area contributed by atoms with Crippen LogP contribution in [0.2, 0.25) is 10.0 Å². The highest BCUT2D eigenvalue weighted by Crippen LogP contribution is 2.29. The SMILES string of the molecule is C=CCn1c(SCc2ccc(Cl)c(Cl)c2)nnc1-c1cccnc1. The molecule has 2 aromatic heterocycles. The zero-order chi connectivity index (χ0) is 16.9. The van der Waals surface area contributed by atoms with Gasteiger partial charge in [0.2, 0.25) is 0 Å². The molecule has 0 radical (unpaired) electrons. The first-order valence-corrected chi connectivity index (χ1v) is 8.94. The average Bonchev–Trinajstić information content (AvgIpc) is 3.00. The van der Waals surface area contributed by atoms with Gasteiger partial charge >= 0.3 is 0 Å². The van der Waals surface area contributed by atoms with Crippen molar-refractivity contribution in [2.45, 2.75) is 17.5 Å². The Hall–Kier alpha value is -1.82. The van der Waals surface area contributed by atoms with Gasteiger partial charge in [0.25, 0.3) is 0 Å². The highest BCUT2D eigenvalue weighted by molar-refractivity contribution is 7.98. The lowest BCUT2D eigenvalue weighted by Gasteiger charge is -2.08. The molecule has 2 heterocycles. The zero-order valence-corrected chi connectivity index (χ0v) is 15.0. The van der Waals surface area contributed by atoms with Crippen molar-refractivity contribution >= 4 is 35.0 Å². The molecule has 0 atom stereocenters. The van der Waals surface area contributed by atoms with Crippen molar-refractivity contribution in [1.82, 2.24) is 19.7 Å². The van der Waals surface area contributed by atoms with Crippen LogP contribution in [-0.4, -0.2) is 19.7 Å². The Balaban J connectivity index is 1.84. The van der Waals surface area contributed by atoms with Gasteiger partial charge in [-0.3, -0.25) is 9.55 Å². The minimum Gasteiger partial charge on any atom is -0.298 e. The monoisotopic (exact) mass is 376 g/mol. The smallest absolute Gasteiger partial charge is 0.192 e. The maximum absolute atomic E-state index is 6.07. The van der Waals surface area contributed by atoms with Crippen LogP contribution < -0.4 is 0 Å². The third-order valence-corrected chi connectivity index (χ3v) is 5.08. The molecule has 0 N–H and O–H groups in total. The van der Waals surface area contributed by atoms with E-state index in [2.05, 4.69) is 21.8 Å². The van der Waals surface area contributed by atoms with Gasteiger partial charge < -0.3 is 0 Å². The molecule has 122 valence electrons. The predicted molar refractivity (Wildman–Crippen MR) is 99.5 cm³/mol. The van der Waals surface area contributed by atoms with Crippen LogP contribution in [0.15, 0.2) is 60.5 Å². The number of aromatic nitrogens is 4. The zero-order valence-electron chi connectivity index (χ0n) is 12.7. The molecule has 0 saturated carbocycles. The molecule has 7 heteroatoms. The first kappa shape index (κ1) is 17.0. The summed E-state index contributed by atoms with van der Waals surface area (Å²) in [6, 6.07) is 9.47. The molecular formula is C17H14Cl2N4S. The molecule has 3 aromatic rings. The average molecular weight is 377 g/mol. The standard InChI is InChI=1S/C17H14Cl2N4S/c1-2-8-23-16(13-4-3-7-20-10-13)21-22-17(23)24-11-12-5-6-14(18)15(19)9-12/h2-7,9-10H,1,8,11H2. The number of hydrogen-bond donors (Lipinski definition) is 0. The van der Waals surface area contributed by atoms with Crippen LogP contribution in [-0.2, 0) is 12.3 Å². The number of nitrogens with zero attached hydrogens (tertiary/aromatic N) is 4. The Labute approximate surface area is 154 Å². The van der Waals surface area contributed by atoms with Crippen LogP contribution >= 0.6 is 35.0 Å². The molecule has 1 aromatic carbocycles. The molecule has 0 spiro atoms. The van der Waals surface area contributed by atoms with Gasteiger partial charge in [0.05, 0.1) is 10.0 Å². The van der Waals surface area contributed by atoms with Crippen molar-refractivity contribution in [3.05, 3.63) is 71.0 Å². The maximum Gasteiger partial charge on any atom is 0.192 e. The summed E-state index contributed by atoms with van der Waals surface area (Å²) < 4.78 is 2.02. The number of hydrogen-bond acceptors (Lipinski definition) is 4. The summed E-state index contributed by atoms with van der Waals surface area (Å²) in [5.41, 5.74) is 2.00. The quantitative estimate of drug-likeness (QED) is 0.442. The summed E-state index contributed by atoms with van der Waals surface area (Å²) in [5, 5.41) is 10.5. The van der Waals surface area contributed by atoms with E-state index in [4.69, 9.17) is 23.2 Å². The number of halogens is 2. The fraction of sp³-hybridized carbons (Fsp3) is 0.118. The lowest BCUT2D eigenvalue weighted by atomic mass is 10.2. The van der Waals surface area contributed by atoms with Crippen LogP contribution in [0.1, 0.15) is 5.56 Å². The molecule has 0 amide bonds. The summed E-state index contributed by atoms with van der Waals surface area (Å²) >= 11 is 13.6. The lowest BCUT2D eigenvalue weighted by molar-refractivity contribution is 0.731. The van der Waals surface area contributed by atoms with E-state index >= 15 is 0 Å². The molecule has 0 aliphatic rings. The summed E-state index contributed by atoms with van der Waals surface area (Å²) in [6.07, 6.45) is 5.33. The van der Waals surface area contributed by atoms with Crippen molar-refractivity contribution < 1.29 is 0 Å². The fourth-order valence-corrected chi connectivity index (χ4v) is 3.39. The second kappa shape index (κ2) is 7.83. The third-order valence-electron chi connectivity index (χ3n) is 3.30. The van der Waals surface area contributed by atoms with Gasteiger partial charge in [-0.2, -0.15) is 0 Å². The number of benzene rings is 1. The highest BCUT2D eigenvalue weighted by Gasteiger charge is 2.14. The van der Waals surface area contributed by atoms with E-state index in [0.29, 0.717) is 16.6 Å². The molecule has 4 nitrogen and oxygen atoms in total. The molecule has 0 aliphatic heterocycles. The van der Waals surface area contributed by atoms with E-state index in [1.807, 2.05) is 34.9 Å². The van der Waals surface area contributed by atoms with Gasteiger partial charge in [0, 0.05) is 30.3 Å². The Bertz CT molecular complexity index is 849. The number of rotatable bonds is 6. The highest BCUT2D eigenvalue weighted by atomic mass is 35.5. The van der Waals surface area contributed by atoms with Crippen LogP contribution in [0, 0.1) is 0 Å². The minimum absolute atomic E-state index is 0.554. The predicted octanol–water partition coefficient (Wildman–Crippen LogP) is 5.13. The van der Waals surface area contributed by atoms with E-state index in [0.717, 1.165) is 27.9 Å². The lowest BCUT2D eigenvalue weighted by Crippen LogP contribution is -2.00. The maximum atomic E-state index is 6.07. The van der Waals surface area contributed by atoms with Gasteiger partial charge in [-0.1, -0.05) is 47.1 Å². The minimum atomic E-state index is 0.554. The van der Waals surface area contributed by atoms with Crippen molar-refractivity contribution in [2.75, 3.05) is 0 Å². The fourth-order valence-electron chi connectivity index (χ4n) is 2.18. The van der Waals surface area contributed by atoms with Crippen LogP contribution in [0.5, 0.6) is 0 Å². The molecule has 0 aliphatic carbocycles. The van der Waals surface area contributed by atoms with Gasteiger partial charge in [0.15, 0.2) is 11.0 Å². The van der Waals surface area contributed by atoms with E-state index < -0.39 is 0 Å². The summed E-state index contributed by atoms with van der Waals surface area (Å²) in [7, 11) is 0. The second-order valence-corrected chi connectivity index (χ2v) is 6.74. The molecular weight excluding hydrogens is 363 g/mol. The molecule has 0 unspecified atom stereocenters. The Kier molecular flexibility index (Phi) is 5.56. The topological polar surface area (TPSA) is 43.6 Å². The van der Waals surface area contributed by atoms with Crippen LogP contribution in [0.4, 0.5) is 0 Å². The second-order valence-electron chi connectivity index (χ2n) is 4.98. The van der Waals surface area contributed by atoms with Gasteiger partial charge in [0.1, 0.15) is 0 Å². The summed E-state index contributed by atoms with van der Waals surface area (Å²) in [5.74, 6) is 1.50. The van der Waals surface area contributed by atoms with Crippen molar-refractivity contribution in [2.24, 2.45) is 0 Å². The van der Waals surface area contributed by atoms with E-state index in [1.54, 1.807) is 30.2 Å². The Morgan fingerprint density at radius 1 is 1.17 bits per heavy atom. The first-order valence-electron chi connectivity index (χ1n) is 7.20. The Morgan fingerprint density at radius 3 is 2.75 bits per heavy atom. The Morgan fingerprint density at radius 2 is 2.04 bits per heavy atom. The van der Waals surface area contributed by atoms with E-state index in [9.17, 15) is 0 Å². The van der Waals surface area contributed by atoms with Gasteiger partial charge in [-0.25, -0.2) is 0 Å². The van der Waals surface area contributed by atoms with Crippen molar-refractivity contribution in [1.29, 1.82) is 0 Å². The van der Waals surface area contributed by atoms with Crippen molar-refractivity contribution in [3.8, 4) is 11.4 Å². The summed E-state index contributed by atoms with van der Waals surface area (Å²) in [4.78, 5) is 4.14. The molecule has 24 heavy (non-hydrogen) atoms. The normalized spacial score (nSPS) is 10.8. The molecule has 0 fully saturated rings. The first-order chi connectivity index (χ1) is 11.7. The largest absolute Gasteiger partial charge is 0.298 e. The summed E-state index contributed by atoms with van der Waals surface area (Å²) in [6.45, 7) is 4.44. The number of thioether (sulfide) groups is 1. The molecule has 0 saturated heterocycles.